The molecule has 0 aliphatic rings. The second kappa shape index (κ2) is 7.31. The Bertz CT molecular complexity index is 533. The SMILES string of the molecule is CCCCCOc1c(Cl)cc(Cl)c([N+](=O)[O-])c1C(=O)O. The quantitative estimate of drug-likeness (QED) is 0.462. The third-order valence-electron chi connectivity index (χ3n) is 2.55. The summed E-state index contributed by atoms with van der Waals surface area (Å²) < 4.78 is 5.30. The van der Waals surface area contributed by atoms with Gasteiger partial charge in [-0.1, -0.05) is 43.0 Å². The Kier molecular flexibility index (Phi) is 6.04. The van der Waals surface area contributed by atoms with Gasteiger partial charge in [-0.15, -0.1) is 0 Å². The number of nitrogens with zero attached hydrogens (tertiary/aromatic N) is 1. The fraction of sp³-hybridized carbons (Fsp3) is 0.417. The average Bonchev–Trinajstić information content (AvgIpc) is 2.35. The molecule has 0 radical (unpaired) electrons. The van der Waals surface area contributed by atoms with Crippen molar-refractivity contribution < 1.29 is 19.6 Å². The molecule has 1 N–H and O–H groups in total. The van der Waals surface area contributed by atoms with Gasteiger partial charge in [-0.2, -0.15) is 0 Å². The van der Waals surface area contributed by atoms with Gasteiger partial charge < -0.3 is 9.84 Å². The highest BCUT2D eigenvalue weighted by Crippen LogP contribution is 2.40. The predicted molar refractivity (Wildman–Crippen MR) is 75.1 cm³/mol. The highest BCUT2D eigenvalue weighted by molar-refractivity contribution is 6.38. The van der Waals surface area contributed by atoms with Crippen LogP contribution in [0.25, 0.3) is 0 Å². The van der Waals surface area contributed by atoms with Crippen molar-refractivity contribution in [2.24, 2.45) is 0 Å². The molecule has 0 heterocycles. The summed E-state index contributed by atoms with van der Waals surface area (Å²) in [6, 6.07) is 1.11. The molecule has 0 unspecified atom stereocenters. The van der Waals surface area contributed by atoms with Crippen molar-refractivity contribution in [2.75, 3.05) is 6.61 Å². The molecule has 1 rings (SSSR count). The topological polar surface area (TPSA) is 89.7 Å². The van der Waals surface area contributed by atoms with Crippen molar-refractivity contribution in [2.45, 2.75) is 26.2 Å². The van der Waals surface area contributed by atoms with Gasteiger partial charge in [0.05, 0.1) is 16.6 Å². The van der Waals surface area contributed by atoms with E-state index in [0.717, 1.165) is 18.9 Å². The van der Waals surface area contributed by atoms with E-state index in [9.17, 15) is 14.9 Å². The number of carboxylic acids is 1. The number of carbonyl (C=O) groups is 1. The van der Waals surface area contributed by atoms with Crippen LogP contribution in [0.15, 0.2) is 6.07 Å². The van der Waals surface area contributed by atoms with Crippen LogP contribution in [0.4, 0.5) is 5.69 Å². The second-order valence-corrected chi connectivity index (χ2v) is 4.83. The minimum atomic E-state index is -1.51. The maximum atomic E-state index is 11.2. The van der Waals surface area contributed by atoms with Crippen molar-refractivity contribution in [3.8, 4) is 5.75 Å². The molecule has 0 fully saturated rings. The zero-order chi connectivity index (χ0) is 15.3. The van der Waals surface area contributed by atoms with E-state index >= 15 is 0 Å². The van der Waals surface area contributed by atoms with Crippen molar-refractivity contribution in [3.63, 3.8) is 0 Å². The highest BCUT2D eigenvalue weighted by atomic mass is 35.5. The lowest BCUT2D eigenvalue weighted by atomic mass is 10.1. The first-order chi connectivity index (χ1) is 9.40. The summed E-state index contributed by atoms with van der Waals surface area (Å²) in [5, 5.41) is 19.7. The Morgan fingerprint density at radius 3 is 2.55 bits per heavy atom. The molecule has 20 heavy (non-hydrogen) atoms. The van der Waals surface area contributed by atoms with Gasteiger partial charge in [-0.25, -0.2) is 4.79 Å². The molecule has 1 aromatic carbocycles. The van der Waals surface area contributed by atoms with E-state index in [0.29, 0.717) is 6.42 Å². The smallest absolute Gasteiger partial charge is 0.346 e. The Labute approximate surface area is 125 Å². The number of rotatable bonds is 7. The molecule has 0 amide bonds. The number of ether oxygens (including phenoxy) is 1. The lowest BCUT2D eigenvalue weighted by Crippen LogP contribution is -2.09. The second-order valence-electron chi connectivity index (χ2n) is 4.01. The molecule has 110 valence electrons. The lowest BCUT2D eigenvalue weighted by Gasteiger charge is -2.12. The fourth-order valence-corrected chi connectivity index (χ4v) is 2.22. The monoisotopic (exact) mass is 321 g/mol. The van der Waals surface area contributed by atoms with Crippen LogP contribution in [0, 0.1) is 10.1 Å². The van der Waals surface area contributed by atoms with Gasteiger partial charge in [-0.05, 0) is 12.5 Å². The highest BCUT2D eigenvalue weighted by Gasteiger charge is 2.31. The van der Waals surface area contributed by atoms with Crippen LogP contribution < -0.4 is 4.74 Å². The first-order valence-corrected chi connectivity index (χ1v) is 6.68. The summed E-state index contributed by atoms with van der Waals surface area (Å²) in [6.45, 7) is 2.23. The lowest BCUT2D eigenvalue weighted by molar-refractivity contribution is -0.385. The minimum Gasteiger partial charge on any atom is -0.491 e. The molecule has 6 nitrogen and oxygen atoms in total. The molecule has 0 aliphatic heterocycles. The summed E-state index contributed by atoms with van der Waals surface area (Å²) in [6.07, 6.45) is 2.56. The molecule has 8 heteroatoms. The van der Waals surface area contributed by atoms with Crippen molar-refractivity contribution in [3.05, 3.63) is 31.8 Å². The summed E-state index contributed by atoms with van der Waals surface area (Å²) >= 11 is 11.6. The number of nitro benzene ring substituents is 1. The summed E-state index contributed by atoms with van der Waals surface area (Å²) in [7, 11) is 0. The molecule has 0 saturated heterocycles. The first-order valence-electron chi connectivity index (χ1n) is 5.92. The van der Waals surface area contributed by atoms with E-state index < -0.39 is 22.1 Å². The van der Waals surface area contributed by atoms with Crippen LogP contribution in [-0.4, -0.2) is 22.6 Å². The van der Waals surface area contributed by atoms with E-state index in [1.807, 2.05) is 6.92 Å². The predicted octanol–water partition coefficient (Wildman–Crippen LogP) is 4.17. The van der Waals surface area contributed by atoms with Gasteiger partial charge in [0.25, 0.3) is 0 Å². The third kappa shape index (κ3) is 3.74. The van der Waals surface area contributed by atoms with Crippen LogP contribution in [-0.2, 0) is 0 Å². The minimum absolute atomic E-state index is 0.0606. The van der Waals surface area contributed by atoms with Gasteiger partial charge in [0.15, 0.2) is 11.3 Å². The van der Waals surface area contributed by atoms with E-state index in [2.05, 4.69) is 0 Å². The van der Waals surface area contributed by atoms with E-state index in [1.165, 1.54) is 0 Å². The fourth-order valence-electron chi connectivity index (χ4n) is 1.64. The van der Waals surface area contributed by atoms with E-state index in [1.54, 1.807) is 0 Å². The van der Waals surface area contributed by atoms with Crippen molar-refractivity contribution >= 4 is 34.9 Å². The Morgan fingerprint density at radius 1 is 1.40 bits per heavy atom. The zero-order valence-electron chi connectivity index (χ0n) is 10.7. The molecule has 0 saturated carbocycles. The number of halogens is 2. The number of aromatic carboxylic acids is 1. The van der Waals surface area contributed by atoms with Crippen LogP contribution in [0.3, 0.4) is 0 Å². The van der Waals surface area contributed by atoms with Crippen molar-refractivity contribution in [1.29, 1.82) is 0 Å². The van der Waals surface area contributed by atoms with Gasteiger partial charge in [0.2, 0.25) is 0 Å². The molecular weight excluding hydrogens is 309 g/mol. The van der Waals surface area contributed by atoms with Gasteiger partial charge >= 0.3 is 11.7 Å². The largest absolute Gasteiger partial charge is 0.491 e. The molecule has 0 bridgehead atoms. The van der Waals surface area contributed by atoms with E-state index in [-0.39, 0.29) is 22.4 Å². The van der Waals surface area contributed by atoms with Gasteiger partial charge in [0.1, 0.15) is 5.02 Å². The van der Waals surface area contributed by atoms with Gasteiger partial charge in [0, 0.05) is 0 Å². The standard InChI is InChI=1S/C12H13Cl2NO5/c1-2-3-4-5-20-11-8(14)6-7(13)10(15(18)19)9(11)12(16)17/h6H,2-5H2,1H3,(H,16,17). The normalized spacial score (nSPS) is 10.3. The molecule has 0 aliphatic carbocycles. The third-order valence-corrected chi connectivity index (χ3v) is 3.12. The molecule has 1 aromatic rings. The molecule has 0 atom stereocenters. The van der Waals surface area contributed by atoms with Crippen LogP contribution in [0.1, 0.15) is 36.5 Å². The van der Waals surface area contributed by atoms with Crippen LogP contribution in [0.5, 0.6) is 5.75 Å². The number of benzene rings is 1. The van der Waals surface area contributed by atoms with Crippen LogP contribution >= 0.6 is 23.2 Å². The Balaban J connectivity index is 3.23. The number of carboxylic acid groups (broad SMARTS) is 1. The zero-order valence-corrected chi connectivity index (χ0v) is 12.2. The number of unbranched alkanes of at least 4 members (excludes halogenated alkanes) is 2. The maximum absolute atomic E-state index is 11.2. The van der Waals surface area contributed by atoms with Gasteiger partial charge in [-0.3, -0.25) is 10.1 Å². The summed E-state index contributed by atoms with van der Waals surface area (Å²) in [5.74, 6) is -1.72. The van der Waals surface area contributed by atoms with Crippen molar-refractivity contribution in [1.82, 2.24) is 0 Å². The number of nitro groups is 1. The molecular formula is C12H13Cl2NO5. The first kappa shape index (κ1) is 16.5. The Morgan fingerprint density at radius 2 is 2.05 bits per heavy atom. The number of hydrogen-bond acceptors (Lipinski definition) is 4. The van der Waals surface area contributed by atoms with Crippen LogP contribution in [0.2, 0.25) is 10.0 Å². The molecule has 0 aromatic heterocycles. The van der Waals surface area contributed by atoms with E-state index in [4.69, 9.17) is 33.0 Å². The summed E-state index contributed by atoms with van der Waals surface area (Å²) in [5.41, 5.74) is -1.34. The average molecular weight is 322 g/mol. The Hall–Kier alpha value is -1.53. The summed E-state index contributed by atoms with van der Waals surface area (Å²) in [4.78, 5) is 21.3. The molecule has 0 spiro atoms. The maximum Gasteiger partial charge on any atom is 0.346 e. The number of hydrogen-bond donors (Lipinski definition) is 1.